The van der Waals surface area contributed by atoms with E-state index in [4.69, 9.17) is 10.8 Å². The van der Waals surface area contributed by atoms with E-state index in [-0.39, 0.29) is 0 Å². The number of carboxylic acid groups (broad SMARTS) is 1. The topological polar surface area (TPSA) is 79.1 Å². The van der Waals surface area contributed by atoms with Crippen molar-refractivity contribution in [2.75, 3.05) is 0 Å². The molecule has 1 heterocycles. The molecule has 13 heavy (non-hydrogen) atoms. The highest BCUT2D eigenvalue weighted by molar-refractivity contribution is 5.77. The summed E-state index contributed by atoms with van der Waals surface area (Å²) in [6, 6.07) is 1.91. The summed E-state index contributed by atoms with van der Waals surface area (Å²) in [5.74, 6) is -0.956. The lowest BCUT2D eigenvalue weighted by Gasteiger charge is -2.18. The first-order chi connectivity index (χ1) is 6.02. The number of carboxylic acids is 1. The Morgan fingerprint density at radius 1 is 1.77 bits per heavy atom. The van der Waals surface area contributed by atoms with Crippen LogP contribution in [0.25, 0.3) is 0 Å². The van der Waals surface area contributed by atoms with E-state index >= 15 is 0 Å². The number of hydrogen-bond donors (Lipinski definition) is 3. The summed E-state index contributed by atoms with van der Waals surface area (Å²) in [5, 5.41) is 8.74. The predicted octanol–water partition coefficient (Wildman–Crippen LogP) is 0.749. The molecule has 72 valence electrons. The van der Waals surface area contributed by atoms with E-state index < -0.39 is 11.5 Å². The first-order valence-corrected chi connectivity index (χ1v) is 4.16. The minimum atomic E-state index is -1.13. The second-order valence-electron chi connectivity index (χ2n) is 3.44. The molecule has 0 radical (unpaired) electrons. The van der Waals surface area contributed by atoms with Gasteiger partial charge in [-0.1, -0.05) is 0 Å². The molecule has 4 heteroatoms. The van der Waals surface area contributed by atoms with Gasteiger partial charge in [0.15, 0.2) is 0 Å². The van der Waals surface area contributed by atoms with Gasteiger partial charge in [-0.2, -0.15) is 0 Å². The van der Waals surface area contributed by atoms with Gasteiger partial charge in [-0.3, -0.25) is 4.79 Å². The smallest absolute Gasteiger partial charge is 0.323 e. The number of aryl methyl sites for hydroxylation is 1. The first kappa shape index (κ1) is 9.80. The molecule has 1 aromatic heterocycles. The third-order valence-electron chi connectivity index (χ3n) is 2.08. The first-order valence-electron chi connectivity index (χ1n) is 4.16. The summed E-state index contributed by atoms with van der Waals surface area (Å²) >= 11 is 0. The average molecular weight is 182 g/mol. The lowest BCUT2D eigenvalue weighted by atomic mass is 9.95. The monoisotopic (exact) mass is 182 g/mol. The van der Waals surface area contributed by atoms with Crippen molar-refractivity contribution in [3.8, 4) is 0 Å². The minimum Gasteiger partial charge on any atom is -0.480 e. The molecule has 1 rings (SSSR count). The van der Waals surface area contributed by atoms with Gasteiger partial charge in [-0.15, -0.1) is 0 Å². The zero-order valence-corrected chi connectivity index (χ0v) is 7.58. The molecule has 1 unspecified atom stereocenters. The van der Waals surface area contributed by atoms with E-state index in [0.717, 1.165) is 5.56 Å². The van der Waals surface area contributed by atoms with Crippen LogP contribution in [0.2, 0.25) is 0 Å². The Morgan fingerprint density at radius 3 is 2.92 bits per heavy atom. The molecule has 0 amide bonds. The quantitative estimate of drug-likeness (QED) is 0.642. The number of carbonyl (C=O) groups is 1. The molecule has 0 bridgehead atoms. The molecule has 1 aromatic rings. The number of aliphatic carboxylic acids is 1. The van der Waals surface area contributed by atoms with E-state index in [9.17, 15) is 4.79 Å². The lowest BCUT2D eigenvalue weighted by molar-refractivity contribution is -0.142. The molecular formula is C9H14N2O2. The summed E-state index contributed by atoms with van der Waals surface area (Å²) < 4.78 is 0. The highest BCUT2D eigenvalue weighted by atomic mass is 16.4. The van der Waals surface area contributed by atoms with Crippen molar-refractivity contribution in [1.82, 2.24) is 4.98 Å². The highest BCUT2D eigenvalue weighted by Crippen LogP contribution is 2.11. The van der Waals surface area contributed by atoms with Crippen molar-refractivity contribution in [3.05, 3.63) is 24.0 Å². The maximum atomic E-state index is 10.6. The maximum Gasteiger partial charge on any atom is 0.323 e. The maximum absolute atomic E-state index is 10.6. The van der Waals surface area contributed by atoms with Crippen molar-refractivity contribution < 1.29 is 9.90 Å². The Hall–Kier alpha value is -1.29. The summed E-state index contributed by atoms with van der Waals surface area (Å²) in [6.45, 7) is 1.53. The van der Waals surface area contributed by atoms with E-state index in [1.54, 1.807) is 0 Å². The number of nitrogens with one attached hydrogen (secondary N) is 1. The average Bonchev–Trinajstić information content (AvgIpc) is 2.52. The van der Waals surface area contributed by atoms with Gasteiger partial charge in [0, 0.05) is 12.4 Å². The molecule has 0 saturated carbocycles. The summed E-state index contributed by atoms with van der Waals surface area (Å²) in [4.78, 5) is 13.6. The van der Waals surface area contributed by atoms with Gasteiger partial charge in [0.05, 0.1) is 0 Å². The van der Waals surface area contributed by atoms with Gasteiger partial charge >= 0.3 is 5.97 Å². The van der Waals surface area contributed by atoms with Crippen LogP contribution < -0.4 is 5.73 Å². The van der Waals surface area contributed by atoms with Crippen LogP contribution in [0.15, 0.2) is 18.5 Å². The Kier molecular flexibility index (Phi) is 2.72. The molecule has 0 aliphatic rings. The molecule has 0 aliphatic carbocycles. The number of hydrogen-bond acceptors (Lipinski definition) is 2. The fraction of sp³-hybridized carbons (Fsp3) is 0.444. The molecular weight excluding hydrogens is 168 g/mol. The van der Waals surface area contributed by atoms with Crippen molar-refractivity contribution in [1.29, 1.82) is 0 Å². The summed E-state index contributed by atoms with van der Waals surface area (Å²) in [7, 11) is 0. The Morgan fingerprint density at radius 2 is 2.46 bits per heavy atom. The van der Waals surface area contributed by atoms with Crippen LogP contribution in [0, 0.1) is 0 Å². The van der Waals surface area contributed by atoms with Gasteiger partial charge < -0.3 is 15.8 Å². The molecule has 0 spiro atoms. The van der Waals surface area contributed by atoms with Gasteiger partial charge in [-0.05, 0) is 31.4 Å². The SMILES string of the molecule is CC(N)(CCc1cc[nH]c1)C(=O)O. The van der Waals surface area contributed by atoms with E-state index in [1.165, 1.54) is 6.92 Å². The predicted molar refractivity (Wildman–Crippen MR) is 49.3 cm³/mol. The van der Waals surface area contributed by atoms with Crippen molar-refractivity contribution in [2.24, 2.45) is 5.73 Å². The van der Waals surface area contributed by atoms with E-state index in [1.807, 2.05) is 18.5 Å². The number of aromatic nitrogens is 1. The molecule has 1 atom stereocenters. The largest absolute Gasteiger partial charge is 0.480 e. The van der Waals surface area contributed by atoms with Crippen LogP contribution in [0.1, 0.15) is 18.9 Å². The second kappa shape index (κ2) is 3.62. The Bertz CT molecular complexity index is 278. The summed E-state index contributed by atoms with van der Waals surface area (Å²) in [6.07, 6.45) is 4.78. The van der Waals surface area contributed by atoms with Gasteiger partial charge in [0.1, 0.15) is 5.54 Å². The van der Waals surface area contributed by atoms with Crippen molar-refractivity contribution in [3.63, 3.8) is 0 Å². The zero-order chi connectivity index (χ0) is 9.90. The van der Waals surface area contributed by atoms with Crippen LogP contribution in [-0.4, -0.2) is 21.6 Å². The standard InChI is InChI=1S/C9H14N2O2/c1-9(10,8(12)13)4-2-7-3-5-11-6-7/h3,5-6,11H,2,4,10H2,1H3,(H,12,13). The number of nitrogens with two attached hydrogens (primary N) is 1. The highest BCUT2D eigenvalue weighted by Gasteiger charge is 2.27. The number of H-pyrrole nitrogens is 1. The van der Waals surface area contributed by atoms with Crippen molar-refractivity contribution >= 4 is 5.97 Å². The van der Waals surface area contributed by atoms with E-state index in [0.29, 0.717) is 12.8 Å². The lowest BCUT2D eigenvalue weighted by Crippen LogP contribution is -2.45. The Balaban J connectivity index is 2.47. The molecule has 4 N–H and O–H groups in total. The third-order valence-corrected chi connectivity index (χ3v) is 2.08. The van der Waals surface area contributed by atoms with Crippen LogP contribution in [0.5, 0.6) is 0 Å². The van der Waals surface area contributed by atoms with Gasteiger partial charge in [0.2, 0.25) is 0 Å². The second-order valence-corrected chi connectivity index (χ2v) is 3.44. The molecule has 0 saturated heterocycles. The van der Waals surface area contributed by atoms with Crippen LogP contribution in [0.4, 0.5) is 0 Å². The normalized spacial score (nSPS) is 15.2. The minimum absolute atomic E-state index is 0.445. The Labute approximate surface area is 76.8 Å². The fourth-order valence-corrected chi connectivity index (χ4v) is 1.02. The zero-order valence-electron chi connectivity index (χ0n) is 7.58. The third kappa shape index (κ3) is 2.59. The molecule has 4 nitrogen and oxygen atoms in total. The fourth-order valence-electron chi connectivity index (χ4n) is 1.02. The summed E-state index contributed by atoms with van der Waals surface area (Å²) in [5.41, 5.74) is 5.52. The van der Waals surface area contributed by atoms with Gasteiger partial charge in [-0.25, -0.2) is 0 Å². The van der Waals surface area contributed by atoms with Crippen LogP contribution in [0.3, 0.4) is 0 Å². The van der Waals surface area contributed by atoms with Gasteiger partial charge in [0.25, 0.3) is 0 Å². The van der Waals surface area contributed by atoms with Crippen LogP contribution in [-0.2, 0) is 11.2 Å². The molecule has 0 aromatic carbocycles. The van der Waals surface area contributed by atoms with Crippen LogP contribution >= 0.6 is 0 Å². The molecule has 0 fully saturated rings. The molecule has 0 aliphatic heterocycles. The number of aromatic amines is 1. The number of rotatable bonds is 4. The van der Waals surface area contributed by atoms with Crippen molar-refractivity contribution in [2.45, 2.75) is 25.3 Å². The van der Waals surface area contributed by atoms with E-state index in [2.05, 4.69) is 4.98 Å².